The van der Waals surface area contributed by atoms with Crippen LogP contribution in [0.2, 0.25) is 0 Å². The molecule has 0 heterocycles. The fourth-order valence-corrected chi connectivity index (χ4v) is 10.1. The van der Waals surface area contributed by atoms with Crippen molar-refractivity contribution in [2.24, 2.45) is 0 Å². The van der Waals surface area contributed by atoms with Gasteiger partial charge in [-0.2, -0.15) is 0 Å². The van der Waals surface area contributed by atoms with Crippen molar-refractivity contribution in [2.75, 3.05) is 6.61 Å². The molecule has 1 amide bonds. The number of hydrogen-bond acceptors (Lipinski definition) is 11. The Hall–Kier alpha value is -0.960. The molecule has 0 bridgehead atoms. The second kappa shape index (κ2) is 42.7. The van der Waals surface area contributed by atoms with Crippen LogP contribution in [0, 0.1) is 0 Å². The number of unbranched alkanes of at least 4 members (excludes halogenated alkanes) is 32. The average molecular weight is 978 g/mol. The third-order valence-electron chi connectivity index (χ3n) is 13.6. The molecular weight excluding hydrogens is 874 g/mol. The van der Waals surface area contributed by atoms with Crippen LogP contribution in [0.5, 0.6) is 0 Å². The van der Waals surface area contributed by atoms with E-state index < -0.39 is 75.2 Å². The zero-order valence-corrected chi connectivity index (χ0v) is 43.5. The van der Waals surface area contributed by atoms with Crippen molar-refractivity contribution in [1.29, 1.82) is 0 Å². The molecule has 1 fully saturated rings. The number of carbonyl (C=O) groups excluding carboxylic acids is 1. The Labute approximate surface area is 408 Å². The third kappa shape index (κ3) is 34.1. The smallest absolute Gasteiger partial charge is 0.393 e. The molecular formula is C53H104NO12P. The highest BCUT2D eigenvalue weighted by molar-refractivity contribution is 7.47. The molecule has 8 atom stereocenters. The van der Waals surface area contributed by atoms with Crippen LogP contribution >= 0.6 is 7.82 Å². The van der Waals surface area contributed by atoms with Crippen molar-refractivity contribution in [3.8, 4) is 0 Å². The Bertz CT molecular complexity index is 1200. The maximum Gasteiger partial charge on any atom is 0.472 e. The number of aliphatic hydroxyl groups excluding tert-OH is 7. The van der Waals surface area contributed by atoms with Gasteiger partial charge in [-0.1, -0.05) is 225 Å². The van der Waals surface area contributed by atoms with Crippen LogP contribution in [-0.2, 0) is 18.4 Å². The van der Waals surface area contributed by atoms with E-state index in [4.69, 9.17) is 9.05 Å². The number of phosphoric acid groups is 1. The van der Waals surface area contributed by atoms with Crippen molar-refractivity contribution in [3.63, 3.8) is 0 Å². The predicted molar refractivity (Wildman–Crippen MR) is 271 cm³/mol. The van der Waals surface area contributed by atoms with Crippen molar-refractivity contribution in [2.45, 2.75) is 313 Å². The van der Waals surface area contributed by atoms with Crippen LogP contribution < -0.4 is 5.32 Å². The Kier molecular flexibility index (Phi) is 40.8. The fraction of sp³-hybridized carbons (Fsp3) is 0.943. The summed E-state index contributed by atoms with van der Waals surface area (Å²) < 4.78 is 23.0. The van der Waals surface area contributed by atoms with E-state index in [1.54, 1.807) is 0 Å². The molecule has 1 rings (SSSR count). The first-order chi connectivity index (χ1) is 32.3. The molecule has 0 saturated heterocycles. The number of carbonyl (C=O) groups is 1. The highest BCUT2D eigenvalue weighted by atomic mass is 31.2. The molecule has 1 aliphatic carbocycles. The van der Waals surface area contributed by atoms with Gasteiger partial charge < -0.3 is 46.0 Å². The molecule has 0 spiro atoms. The van der Waals surface area contributed by atoms with Gasteiger partial charge in [-0.15, -0.1) is 0 Å². The quantitative estimate of drug-likeness (QED) is 0.0158. The number of phosphoric ester groups is 1. The van der Waals surface area contributed by atoms with Gasteiger partial charge in [-0.25, -0.2) is 4.57 Å². The third-order valence-corrected chi connectivity index (χ3v) is 14.6. The SMILES string of the molecule is CCCCCCCCCCCCC/C=C\CCCCCCCC(O)CC(=O)NC(COP(=O)(O)OC1C(O)C(O)C(O)C(O)C1O)C(O)CCCCCCCCCCCCCCCCCCC. The van der Waals surface area contributed by atoms with Crippen molar-refractivity contribution >= 4 is 13.7 Å². The van der Waals surface area contributed by atoms with Crippen molar-refractivity contribution < 1.29 is 59.0 Å². The van der Waals surface area contributed by atoms with E-state index in [2.05, 4.69) is 31.3 Å². The second-order valence-electron chi connectivity index (χ2n) is 20.0. The van der Waals surface area contributed by atoms with Gasteiger partial charge in [0.15, 0.2) is 0 Å². The predicted octanol–water partition coefficient (Wildman–Crippen LogP) is 10.9. The largest absolute Gasteiger partial charge is 0.472 e. The summed E-state index contributed by atoms with van der Waals surface area (Å²) in [4.78, 5) is 23.6. The number of nitrogens with one attached hydrogen (secondary N) is 1. The number of allylic oxidation sites excluding steroid dienone is 2. The molecule has 8 unspecified atom stereocenters. The monoisotopic (exact) mass is 978 g/mol. The van der Waals surface area contributed by atoms with Gasteiger partial charge in [0.2, 0.25) is 5.91 Å². The molecule has 0 radical (unpaired) electrons. The van der Waals surface area contributed by atoms with E-state index in [1.807, 2.05) is 0 Å². The maximum atomic E-state index is 13.1. The zero-order valence-electron chi connectivity index (χ0n) is 42.6. The molecule has 0 aromatic carbocycles. The van der Waals surface area contributed by atoms with Crippen LogP contribution in [0.1, 0.15) is 258 Å². The number of aliphatic hydroxyl groups is 7. The number of amides is 1. The zero-order chi connectivity index (χ0) is 49.4. The summed E-state index contributed by atoms with van der Waals surface area (Å²) in [5.74, 6) is -0.561. The summed E-state index contributed by atoms with van der Waals surface area (Å²) in [6.45, 7) is 3.83. The fourth-order valence-electron chi connectivity index (χ4n) is 9.13. The molecule has 14 heteroatoms. The molecule has 1 aliphatic rings. The van der Waals surface area contributed by atoms with E-state index >= 15 is 0 Å². The molecule has 398 valence electrons. The van der Waals surface area contributed by atoms with Crippen LogP contribution in [0.3, 0.4) is 0 Å². The molecule has 1 saturated carbocycles. The van der Waals surface area contributed by atoms with Crippen LogP contribution in [0.25, 0.3) is 0 Å². The summed E-state index contributed by atoms with van der Waals surface area (Å²) in [5.41, 5.74) is 0. The topological polar surface area (TPSA) is 226 Å². The van der Waals surface area contributed by atoms with Gasteiger partial charge in [0.25, 0.3) is 0 Å². The van der Waals surface area contributed by atoms with Crippen LogP contribution in [-0.4, -0.2) is 108 Å². The van der Waals surface area contributed by atoms with E-state index in [1.165, 1.54) is 148 Å². The summed E-state index contributed by atoms with van der Waals surface area (Å²) in [5, 5.41) is 74.9. The van der Waals surface area contributed by atoms with Crippen molar-refractivity contribution in [1.82, 2.24) is 5.32 Å². The van der Waals surface area contributed by atoms with Crippen LogP contribution in [0.4, 0.5) is 0 Å². The Morgan fingerprint density at radius 1 is 0.507 bits per heavy atom. The lowest BCUT2D eigenvalue weighted by Crippen LogP contribution is -2.64. The van der Waals surface area contributed by atoms with Gasteiger partial charge in [0.1, 0.15) is 36.6 Å². The van der Waals surface area contributed by atoms with E-state index in [9.17, 15) is 50.0 Å². The average Bonchev–Trinajstić information content (AvgIpc) is 3.30. The number of hydrogen-bond donors (Lipinski definition) is 9. The minimum absolute atomic E-state index is 0.224. The minimum Gasteiger partial charge on any atom is -0.393 e. The Morgan fingerprint density at radius 2 is 0.836 bits per heavy atom. The van der Waals surface area contributed by atoms with Gasteiger partial charge in [-0.05, 0) is 38.5 Å². The molecule has 0 aromatic heterocycles. The first-order valence-corrected chi connectivity index (χ1v) is 29.2. The van der Waals surface area contributed by atoms with E-state index in [0.29, 0.717) is 12.8 Å². The summed E-state index contributed by atoms with van der Waals surface area (Å²) in [7, 11) is -5.12. The van der Waals surface area contributed by atoms with Gasteiger partial charge in [0, 0.05) is 0 Å². The van der Waals surface area contributed by atoms with Gasteiger partial charge in [0.05, 0.1) is 31.3 Å². The Balaban J connectivity index is 2.42. The summed E-state index contributed by atoms with van der Waals surface area (Å²) in [6, 6.07) is -1.15. The first-order valence-electron chi connectivity index (χ1n) is 27.7. The normalized spacial score (nSPS) is 22.2. The molecule has 9 N–H and O–H groups in total. The highest BCUT2D eigenvalue weighted by Gasteiger charge is 2.51. The molecule has 0 aromatic rings. The lowest BCUT2D eigenvalue weighted by Gasteiger charge is -2.41. The maximum absolute atomic E-state index is 13.1. The van der Waals surface area contributed by atoms with E-state index in [-0.39, 0.29) is 12.8 Å². The van der Waals surface area contributed by atoms with Crippen LogP contribution in [0.15, 0.2) is 12.2 Å². The standard InChI is InChI=1S/C53H104NO12P/c1-3-5-7-9-11-13-15-17-19-21-22-23-25-26-28-30-32-34-36-38-40-44(55)42-47(57)54-45(43-65-67(63,64)66-53-51(61)49(59)48(58)50(60)52(53)62)46(56)41-39-37-35-33-31-29-27-24-20-18-16-14-12-10-8-6-4-2/h25-26,44-46,48-53,55-56,58-62H,3-24,27-43H2,1-2H3,(H,54,57)(H,63,64)/b26-25-. The molecule has 13 nitrogen and oxygen atoms in total. The van der Waals surface area contributed by atoms with E-state index in [0.717, 1.165) is 70.6 Å². The lowest BCUT2D eigenvalue weighted by molar-refractivity contribution is -0.220. The molecule has 67 heavy (non-hydrogen) atoms. The first kappa shape index (κ1) is 64.1. The molecule has 0 aliphatic heterocycles. The van der Waals surface area contributed by atoms with Gasteiger partial charge in [-0.3, -0.25) is 13.8 Å². The Morgan fingerprint density at radius 3 is 1.22 bits per heavy atom. The lowest BCUT2D eigenvalue weighted by atomic mass is 9.85. The summed E-state index contributed by atoms with van der Waals surface area (Å²) >= 11 is 0. The highest BCUT2D eigenvalue weighted by Crippen LogP contribution is 2.47. The number of rotatable bonds is 47. The van der Waals surface area contributed by atoms with Crippen molar-refractivity contribution in [3.05, 3.63) is 12.2 Å². The van der Waals surface area contributed by atoms with Gasteiger partial charge >= 0.3 is 7.82 Å². The summed E-state index contributed by atoms with van der Waals surface area (Å²) in [6.07, 6.45) is 33.9. The minimum atomic E-state index is -5.12. The second-order valence-corrected chi connectivity index (χ2v) is 21.4.